The quantitative estimate of drug-likeness (QED) is 0.445. The van der Waals surface area contributed by atoms with Crippen molar-refractivity contribution in [2.24, 2.45) is 0 Å². The van der Waals surface area contributed by atoms with E-state index < -0.39 is 10.7 Å². The maximum Gasteiger partial charge on any atom is 0.295 e. The van der Waals surface area contributed by atoms with Gasteiger partial charge in [0.05, 0.1) is 11.0 Å². The van der Waals surface area contributed by atoms with Crippen molar-refractivity contribution in [2.75, 3.05) is 23.9 Å². The second-order valence-electron chi connectivity index (χ2n) is 3.90. The number of thioether (sulfide) groups is 1. The van der Waals surface area contributed by atoms with Gasteiger partial charge < -0.3 is 5.32 Å². The van der Waals surface area contributed by atoms with Crippen LogP contribution in [0, 0.1) is 15.9 Å². The van der Waals surface area contributed by atoms with Crippen LogP contribution in [0.4, 0.5) is 15.8 Å². The van der Waals surface area contributed by atoms with E-state index in [1.807, 2.05) is 11.8 Å². The van der Waals surface area contributed by atoms with Crippen molar-refractivity contribution in [1.29, 1.82) is 0 Å². The van der Waals surface area contributed by atoms with Gasteiger partial charge in [-0.25, -0.2) is 4.39 Å². The lowest BCUT2D eigenvalue weighted by Gasteiger charge is -2.06. The molecule has 0 spiro atoms. The first-order valence-corrected chi connectivity index (χ1v) is 7.21. The maximum atomic E-state index is 12.9. The van der Waals surface area contributed by atoms with Gasteiger partial charge in [0.2, 0.25) is 0 Å². The molecule has 0 aliphatic carbocycles. The van der Waals surface area contributed by atoms with E-state index in [1.165, 1.54) is 12.1 Å². The van der Waals surface area contributed by atoms with Crippen molar-refractivity contribution in [1.82, 2.24) is 0 Å². The standard InChI is InChI=1S/C12H17FN2O2S/c1-18-8-4-2-3-7-14-11-6-5-10(13)9-12(11)15(16)17/h5-6,9,14H,2-4,7-8H2,1H3. The zero-order chi connectivity index (χ0) is 13.4. The van der Waals surface area contributed by atoms with Crippen molar-refractivity contribution in [3.05, 3.63) is 34.1 Å². The van der Waals surface area contributed by atoms with Crippen LogP contribution in [0.1, 0.15) is 19.3 Å². The molecule has 6 heteroatoms. The Hall–Kier alpha value is -1.30. The third kappa shape index (κ3) is 4.91. The second kappa shape index (κ2) is 7.92. The first kappa shape index (κ1) is 14.8. The van der Waals surface area contributed by atoms with Gasteiger partial charge in [-0.1, -0.05) is 6.42 Å². The number of nitro benzene ring substituents is 1. The molecule has 1 aromatic rings. The Morgan fingerprint density at radius 2 is 2.17 bits per heavy atom. The van der Waals surface area contributed by atoms with Crippen LogP contribution in [-0.2, 0) is 0 Å². The Morgan fingerprint density at radius 1 is 1.39 bits per heavy atom. The lowest BCUT2D eigenvalue weighted by atomic mass is 10.2. The SMILES string of the molecule is CSCCCCCNc1ccc(F)cc1[N+](=O)[O-]. The van der Waals surface area contributed by atoms with Gasteiger partial charge in [0.15, 0.2) is 0 Å². The van der Waals surface area contributed by atoms with Gasteiger partial charge >= 0.3 is 0 Å². The number of nitro groups is 1. The van der Waals surface area contributed by atoms with Crippen molar-refractivity contribution < 1.29 is 9.31 Å². The van der Waals surface area contributed by atoms with E-state index >= 15 is 0 Å². The van der Waals surface area contributed by atoms with E-state index in [1.54, 1.807) is 0 Å². The molecular formula is C12H17FN2O2S. The predicted molar refractivity (Wildman–Crippen MR) is 73.8 cm³/mol. The first-order chi connectivity index (χ1) is 8.65. The van der Waals surface area contributed by atoms with Gasteiger partial charge in [-0.15, -0.1) is 0 Å². The smallest absolute Gasteiger partial charge is 0.295 e. The molecule has 0 fully saturated rings. The summed E-state index contributed by atoms with van der Waals surface area (Å²) in [4.78, 5) is 10.2. The van der Waals surface area contributed by atoms with Crippen molar-refractivity contribution in [3.8, 4) is 0 Å². The first-order valence-electron chi connectivity index (χ1n) is 5.82. The largest absolute Gasteiger partial charge is 0.379 e. The van der Waals surface area contributed by atoms with Gasteiger partial charge in [0, 0.05) is 6.54 Å². The Labute approximate surface area is 110 Å². The Bertz CT molecular complexity index is 402. The van der Waals surface area contributed by atoms with Crippen LogP contribution in [0.15, 0.2) is 18.2 Å². The number of nitrogens with zero attached hydrogens (tertiary/aromatic N) is 1. The molecule has 0 aromatic heterocycles. The molecule has 0 radical (unpaired) electrons. The minimum absolute atomic E-state index is 0.209. The monoisotopic (exact) mass is 272 g/mol. The van der Waals surface area contributed by atoms with E-state index in [2.05, 4.69) is 11.6 Å². The van der Waals surface area contributed by atoms with Gasteiger partial charge in [0.1, 0.15) is 11.5 Å². The summed E-state index contributed by atoms with van der Waals surface area (Å²) in [6, 6.07) is 3.58. The third-order valence-corrected chi connectivity index (χ3v) is 3.19. The number of anilines is 1. The van der Waals surface area contributed by atoms with Crippen LogP contribution < -0.4 is 5.32 Å². The molecule has 100 valence electrons. The molecule has 0 heterocycles. The summed E-state index contributed by atoms with van der Waals surface area (Å²) < 4.78 is 12.9. The summed E-state index contributed by atoms with van der Waals surface area (Å²) in [5.41, 5.74) is 0.172. The molecule has 0 saturated carbocycles. The molecular weight excluding hydrogens is 255 g/mol. The van der Waals surface area contributed by atoms with Gasteiger partial charge in [-0.2, -0.15) is 11.8 Å². The molecule has 0 atom stereocenters. The van der Waals surface area contributed by atoms with Crippen LogP contribution in [0.3, 0.4) is 0 Å². The minimum Gasteiger partial charge on any atom is -0.379 e. The number of hydrogen-bond donors (Lipinski definition) is 1. The van der Waals surface area contributed by atoms with Crippen LogP contribution in [0.25, 0.3) is 0 Å². The molecule has 0 amide bonds. The van der Waals surface area contributed by atoms with E-state index in [-0.39, 0.29) is 5.69 Å². The predicted octanol–water partition coefficient (Wildman–Crippen LogP) is 3.68. The van der Waals surface area contributed by atoms with Crippen LogP contribution in [0.5, 0.6) is 0 Å². The highest BCUT2D eigenvalue weighted by Gasteiger charge is 2.13. The molecule has 0 saturated heterocycles. The minimum atomic E-state index is -0.591. The van der Waals surface area contributed by atoms with Crippen LogP contribution >= 0.6 is 11.8 Å². The average Bonchev–Trinajstić information content (AvgIpc) is 2.35. The summed E-state index contributed by atoms with van der Waals surface area (Å²) in [5, 5.41) is 13.7. The lowest BCUT2D eigenvalue weighted by molar-refractivity contribution is -0.384. The number of halogens is 1. The molecule has 0 unspecified atom stereocenters. The summed E-state index contributed by atoms with van der Waals surface area (Å²) in [5.74, 6) is 0.545. The molecule has 0 aliphatic heterocycles. The fourth-order valence-corrected chi connectivity index (χ4v) is 2.07. The Balaban J connectivity index is 2.44. The zero-order valence-electron chi connectivity index (χ0n) is 10.3. The average molecular weight is 272 g/mol. The van der Waals surface area contributed by atoms with Crippen LogP contribution in [-0.4, -0.2) is 23.5 Å². The van der Waals surface area contributed by atoms with Gasteiger partial charge in [-0.3, -0.25) is 10.1 Å². The molecule has 0 bridgehead atoms. The normalized spacial score (nSPS) is 10.3. The molecule has 1 rings (SSSR count). The summed E-state index contributed by atoms with van der Waals surface area (Å²) in [6.45, 7) is 0.668. The highest BCUT2D eigenvalue weighted by Crippen LogP contribution is 2.24. The summed E-state index contributed by atoms with van der Waals surface area (Å²) in [6.07, 6.45) is 5.26. The van der Waals surface area contributed by atoms with Crippen molar-refractivity contribution in [2.45, 2.75) is 19.3 Å². The van der Waals surface area contributed by atoms with Gasteiger partial charge in [0.25, 0.3) is 5.69 Å². The number of nitrogens with one attached hydrogen (secondary N) is 1. The molecule has 0 aliphatic rings. The van der Waals surface area contributed by atoms with Crippen LogP contribution in [0.2, 0.25) is 0 Å². The second-order valence-corrected chi connectivity index (χ2v) is 4.88. The fraction of sp³-hybridized carbons (Fsp3) is 0.500. The van der Waals surface area contributed by atoms with E-state index in [9.17, 15) is 14.5 Å². The molecule has 4 nitrogen and oxygen atoms in total. The van der Waals surface area contributed by atoms with Gasteiger partial charge in [-0.05, 0) is 37.0 Å². The lowest BCUT2D eigenvalue weighted by Crippen LogP contribution is -2.04. The highest BCUT2D eigenvalue weighted by atomic mass is 32.2. The highest BCUT2D eigenvalue weighted by molar-refractivity contribution is 7.98. The number of unbranched alkanes of at least 4 members (excludes halogenated alkanes) is 2. The zero-order valence-corrected chi connectivity index (χ0v) is 11.1. The molecule has 18 heavy (non-hydrogen) atoms. The maximum absolute atomic E-state index is 12.9. The van der Waals surface area contributed by atoms with E-state index in [4.69, 9.17) is 0 Å². The topological polar surface area (TPSA) is 55.2 Å². The van der Waals surface area contributed by atoms with E-state index in [0.717, 1.165) is 31.1 Å². The van der Waals surface area contributed by atoms with E-state index in [0.29, 0.717) is 12.2 Å². The van der Waals surface area contributed by atoms with Crippen molar-refractivity contribution >= 4 is 23.1 Å². The summed E-state index contributed by atoms with van der Waals surface area (Å²) in [7, 11) is 0. The summed E-state index contributed by atoms with van der Waals surface area (Å²) >= 11 is 1.81. The number of hydrogen-bond acceptors (Lipinski definition) is 4. The Morgan fingerprint density at radius 3 is 2.83 bits per heavy atom. The number of benzene rings is 1. The fourth-order valence-electron chi connectivity index (χ4n) is 1.58. The Kier molecular flexibility index (Phi) is 6.49. The number of rotatable bonds is 8. The molecule has 1 N–H and O–H groups in total. The van der Waals surface area contributed by atoms with Crippen molar-refractivity contribution in [3.63, 3.8) is 0 Å². The third-order valence-electron chi connectivity index (χ3n) is 2.50. The molecule has 1 aromatic carbocycles.